The summed E-state index contributed by atoms with van der Waals surface area (Å²) in [4.78, 5) is 8.34. The van der Waals surface area contributed by atoms with Crippen molar-refractivity contribution < 1.29 is 4.74 Å². The van der Waals surface area contributed by atoms with Crippen molar-refractivity contribution >= 4 is 17.3 Å². The van der Waals surface area contributed by atoms with Crippen molar-refractivity contribution in [3.63, 3.8) is 0 Å². The van der Waals surface area contributed by atoms with Crippen LogP contribution in [0.15, 0.2) is 22.5 Å². The first-order valence-electron chi connectivity index (χ1n) is 8.31. The number of nitrogens with one attached hydrogen (secondary N) is 1. The van der Waals surface area contributed by atoms with Crippen LogP contribution in [-0.2, 0) is 4.74 Å². The number of likely N-dealkylation sites (N-methyl/N-ethyl adjacent to an activating group) is 1. The van der Waals surface area contributed by atoms with Gasteiger partial charge in [-0.05, 0) is 37.1 Å². The van der Waals surface area contributed by atoms with E-state index in [9.17, 15) is 0 Å². The lowest BCUT2D eigenvalue weighted by atomic mass is 10.1. The highest BCUT2D eigenvalue weighted by Gasteiger charge is 2.21. The molecule has 0 radical (unpaired) electrons. The third-order valence-electron chi connectivity index (χ3n) is 3.86. The van der Waals surface area contributed by atoms with E-state index in [1.807, 2.05) is 0 Å². The van der Waals surface area contributed by atoms with Crippen molar-refractivity contribution in [1.29, 1.82) is 0 Å². The quantitative estimate of drug-likeness (QED) is 0.431. The fourth-order valence-electron chi connectivity index (χ4n) is 2.20. The molecular formula is C17H29N3OS. The van der Waals surface area contributed by atoms with Crippen LogP contribution in [0.5, 0.6) is 0 Å². The Balaban J connectivity index is 1.76. The van der Waals surface area contributed by atoms with Gasteiger partial charge in [-0.3, -0.25) is 4.99 Å². The monoisotopic (exact) mass is 323 g/mol. The second-order valence-electron chi connectivity index (χ2n) is 6.05. The van der Waals surface area contributed by atoms with Crippen LogP contribution in [0.3, 0.4) is 0 Å². The van der Waals surface area contributed by atoms with E-state index >= 15 is 0 Å². The molecule has 22 heavy (non-hydrogen) atoms. The summed E-state index contributed by atoms with van der Waals surface area (Å²) in [5.41, 5.74) is 0. The van der Waals surface area contributed by atoms with Crippen LogP contribution in [0.4, 0.5) is 0 Å². The minimum absolute atomic E-state index is 0.466. The first-order chi connectivity index (χ1) is 10.7. The summed E-state index contributed by atoms with van der Waals surface area (Å²) in [5, 5.41) is 5.50. The molecule has 1 fully saturated rings. The van der Waals surface area contributed by atoms with Crippen molar-refractivity contribution in [2.75, 3.05) is 39.9 Å². The van der Waals surface area contributed by atoms with E-state index in [1.54, 1.807) is 11.3 Å². The van der Waals surface area contributed by atoms with Gasteiger partial charge >= 0.3 is 0 Å². The zero-order chi connectivity index (χ0) is 15.8. The fraction of sp³-hybridized carbons (Fsp3) is 0.706. The van der Waals surface area contributed by atoms with Crippen molar-refractivity contribution in [3.05, 3.63) is 22.4 Å². The van der Waals surface area contributed by atoms with E-state index in [2.05, 4.69) is 48.6 Å². The molecule has 2 rings (SSSR count). The standard InChI is InChI=1S/C17H29N3OS/c1-4-18-17(19-12-14(2)16-6-5-11-22-16)20(3)9-10-21-13-15-7-8-15/h5-6,11,14-15H,4,7-10,12-13H2,1-3H3,(H,18,19). The Bertz CT molecular complexity index is 443. The molecule has 5 heteroatoms. The molecule has 1 aliphatic rings. The van der Waals surface area contributed by atoms with Crippen molar-refractivity contribution in [2.24, 2.45) is 10.9 Å². The summed E-state index contributed by atoms with van der Waals surface area (Å²) < 4.78 is 5.72. The predicted octanol–water partition coefficient (Wildman–Crippen LogP) is 3.18. The Kier molecular flexibility index (Phi) is 7.19. The molecule has 1 aromatic heterocycles. The highest BCUT2D eigenvalue weighted by molar-refractivity contribution is 7.10. The zero-order valence-electron chi connectivity index (χ0n) is 14.0. The number of aliphatic imine (C=N–C) groups is 1. The van der Waals surface area contributed by atoms with Crippen LogP contribution in [0, 0.1) is 5.92 Å². The number of hydrogen-bond donors (Lipinski definition) is 1. The lowest BCUT2D eigenvalue weighted by molar-refractivity contribution is 0.115. The number of thiophene rings is 1. The van der Waals surface area contributed by atoms with E-state index in [4.69, 9.17) is 9.73 Å². The zero-order valence-corrected chi connectivity index (χ0v) is 14.9. The van der Waals surface area contributed by atoms with Gasteiger partial charge in [-0.1, -0.05) is 13.0 Å². The van der Waals surface area contributed by atoms with E-state index in [-0.39, 0.29) is 0 Å². The number of hydrogen-bond acceptors (Lipinski definition) is 3. The second-order valence-corrected chi connectivity index (χ2v) is 7.03. The summed E-state index contributed by atoms with van der Waals surface area (Å²) >= 11 is 1.81. The molecule has 1 N–H and O–H groups in total. The molecule has 4 nitrogen and oxygen atoms in total. The summed E-state index contributed by atoms with van der Waals surface area (Å²) in [5.74, 6) is 2.27. The molecule has 1 aromatic rings. The normalized spacial score (nSPS) is 16.6. The molecule has 124 valence electrons. The molecule has 1 atom stereocenters. The Labute approximate surface area is 138 Å². The predicted molar refractivity (Wildman–Crippen MR) is 94.9 cm³/mol. The largest absolute Gasteiger partial charge is 0.379 e. The average Bonchev–Trinajstić information content (AvgIpc) is 3.17. The van der Waals surface area contributed by atoms with E-state index in [0.717, 1.165) is 44.7 Å². The van der Waals surface area contributed by atoms with Gasteiger partial charge in [-0.2, -0.15) is 0 Å². The third kappa shape index (κ3) is 5.97. The maximum absolute atomic E-state index is 5.72. The first-order valence-corrected chi connectivity index (χ1v) is 9.19. The number of ether oxygens (including phenoxy) is 1. The molecule has 0 aliphatic heterocycles. The van der Waals surface area contributed by atoms with Gasteiger partial charge in [-0.25, -0.2) is 0 Å². The molecule has 0 spiro atoms. The molecule has 1 heterocycles. The molecular weight excluding hydrogens is 294 g/mol. The Morgan fingerprint density at radius 2 is 2.36 bits per heavy atom. The Hall–Kier alpha value is -1.07. The number of nitrogens with zero attached hydrogens (tertiary/aromatic N) is 2. The minimum atomic E-state index is 0.466. The van der Waals surface area contributed by atoms with Gasteiger partial charge < -0.3 is 15.0 Å². The first kappa shape index (κ1) is 17.3. The van der Waals surface area contributed by atoms with Crippen LogP contribution in [0.1, 0.15) is 37.5 Å². The van der Waals surface area contributed by atoms with Crippen LogP contribution in [0.25, 0.3) is 0 Å². The van der Waals surface area contributed by atoms with E-state index < -0.39 is 0 Å². The van der Waals surface area contributed by atoms with Crippen LogP contribution >= 0.6 is 11.3 Å². The number of rotatable bonds is 9. The van der Waals surface area contributed by atoms with Gasteiger partial charge in [-0.15, -0.1) is 11.3 Å². The molecule has 0 aromatic carbocycles. The van der Waals surface area contributed by atoms with Crippen molar-refractivity contribution in [3.8, 4) is 0 Å². The van der Waals surface area contributed by atoms with E-state index in [0.29, 0.717) is 5.92 Å². The average molecular weight is 324 g/mol. The van der Waals surface area contributed by atoms with E-state index in [1.165, 1.54) is 17.7 Å². The molecule has 0 amide bonds. The van der Waals surface area contributed by atoms with Gasteiger partial charge in [0.05, 0.1) is 13.2 Å². The van der Waals surface area contributed by atoms with Crippen LogP contribution < -0.4 is 5.32 Å². The molecule has 0 bridgehead atoms. The summed E-state index contributed by atoms with van der Waals surface area (Å²) in [7, 11) is 2.08. The van der Waals surface area contributed by atoms with Gasteiger partial charge in [0, 0.05) is 37.5 Å². The molecule has 1 saturated carbocycles. The van der Waals surface area contributed by atoms with Crippen molar-refractivity contribution in [2.45, 2.75) is 32.6 Å². The smallest absolute Gasteiger partial charge is 0.193 e. The third-order valence-corrected chi connectivity index (χ3v) is 4.97. The molecule has 1 unspecified atom stereocenters. The lowest BCUT2D eigenvalue weighted by Crippen LogP contribution is -2.40. The molecule has 1 aliphatic carbocycles. The lowest BCUT2D eigenvalue weighted by Gasteiger charge is -2.22. The summed E-state index contributed by atoms with van der Waals surface area (Å²) in [6.07, 6.45) is 2.70. The Morgan fingerprint density at radius 1 is 1.55 bits per heavy atom. The van der Waals surface area contributed by atoms with Gasteiger partial charge in [0.15, 0.2) is 5.96 Å². The van der Waals surface area contributed by atoms with Gasteiger partial charge in [0.2, 0.25) is 0 Å². The fourth-order valence-corrected chi connectivity index (χ4v) is 2.97. The summed E-state index contributed by atoms with van der Waals surface area (Å²) in [6.45, 7) is 8.63. The van der Waals surface area contributed by atoms with Crippen molar-refractivity contribution in [1.82, 2.24) is 10.2 Å². The van der Waals surface area contributed by atoms with Gasteiger partial charge in [0.1, 0.15) is 0 Å². The minimum Gasteiger partial charge on any atom is -0.379 e. The molecule has 0 saturated heterocycles. The maximum atomic E-state index is 5.72. The SMILES string of the molecule is CCNC(=NCC(C)c1cccs1)N(C)CCOCC1CC1. The maximum Gasteiger partial charge on any atom is 0.193 e. The van der Waals surface area contributed by atoms with Gasteiger partial charge in [0.25, 0.3) is 0 Å². The number of guanidine groups is 1. The highest BCUT2D eigenvalue weighted by atomic mass is 32.1. The summed E-state index contributed by atoms with van der Waals surface area (Å²) in [6, 6.07) is 4.29. The van der Waals surface area contributed by atoms with Crippen LogP contribution in [0.2, 0.25) is 0 Å². The highest BCUT2D eigenvalue weighted by Crippen LogP contribution is 2.28. The van der Waals surface area contributed by atoms with Crippen LogP contribution in [-0.4, -0.2) is 50.8 Å². The Morgan fingerprint density at radius 3 is 3.00 bits per heavy atom. The topological polar surface area (TPSA) is 36.9 Å². The second kappa shape index (κ2) is 9.16.